The number of nitrogens with zero attached hydrogens (tertiary/aromatic N) is 2. The molecule has 46 heavy (non-hydrogen) atoms. The van der Waals surface area contributed by atoms with Crippen molar-refractivity contribution in [2.24, 2.45) is 0 Å². The summed E-state index contributed by atoms with van der Waals surface area (Å²) >= 11 is 0. The summed E-state index contributed by atoms with van der Waals surface area (Å²) in [4.78, 5) is 13.6. The van der Waals surface area contributed by atoms with E-state index in [2.05, 4.69) is 119 Å². The zero-order valence-corrected chi connectivity index (χ0v) is 27.9. The van der Waals surface area contributed by atoms with E-state index in [1.54, 1.807) is 25.3 Å². The second-order valence-corrected chi connectivity index (χ2v) is 13.2. The van der Waals surface area contributed by atoms with Gasteiger partial charge in [0.15, 0.2) is 0 Å². The Balaban J connectivity index is 1.69. The van der Waals surface area contributed by atoms with Crippen molar-refractivity contribution in [3.05, 3.63) is 118 Å². The minimum Gasteiger partial charge on any atom is -0.496 e. The number of ether oxygens (including phenoxy) is 2. The molecule has 0 spiro atoms. The number of carbonyl (C=O) groups is 1. The van der Waals surface area contributed by atoms with E-state index in [-0.39, 0.29) is 10.8 Å². The van der Waals surface area contributed by atoms with Crippen molar-refractivity contribution >= 4 is 41.3 Å². The summed E-state index contributed by atoms with van der Waals surface area (Å²) in [6, 6.07) is 31.0. The molecule has 0 saturated heterocycles. The largest absolute Gasteiger partial charge is 0.496 e. The van der Waals surface area contributed by atoms with E-state index in [1.807, 2.05) is 12.2 Å². The highest BCUT2D eigenvalue weighted by molar-refractivity contribution is 5.97. The van der Waals surface area contributed by atoms with Crippen LogP contribution >= 0.6 is 0 Å². The van der Waals surface area contributed by atoms with Crippen molar-refractivity contribution in [2.75, 3.05) is 19.1 Å². The lowest BCUT2D eigenvalue weighted by Crippen LogP contribution is -2.14. The highest BCUT2D eigenvalue weighted by atomic mass is 16.5. The molecule has 0 aromatic heterocycles. The molecule has 0 unspecified atom stereocenters. The van der Waals surface area contributed by atoms with Crippen LogP contribution in [0.5, 0.6) is 11.5 Å². The topological polar surface area (TPSA) is 82.8 Å². The Kier molecular flexibility index (Phi) is 10.1. The fourth-order valence-electron chi connectivity index (χ4n) is 5.07. The second kappa shape index (κ2) is 13.8. The third kappa shape index (κ3) is 7.86. The Labute approximate surface area is 272 Å². The number of carboxylic acids is 1. The summed E-state index contributed by atoms with van der Waals surface area (Å²) < 4.78 is 11.1. The lowest BCUT2D eigenvalue weighted by Gasteiger charge is -2.28. The Hall–Kier alpha value is -5.28. The lowest BCUT2D eigenvalue weighted by molar-refractivity contribution is -0.132. The standard InChI is InChI=1S/C40H42N2O4/c1-39(2,3)31-13-19-34(20-14-31)42(35-21-15-32(16-22-35)40(4,5)6)33-17-10-27(11-18-33)9-12-28-24-37(46-8)29(25-36(28)45-7)23-30(26-41)38(43)44/h9-25H,1-8H3,(H,43,44)/b12-9?,30-23-. The van der Waals surface area contributed by atoms with Gasteiger partial charge in [0.1, 0.15) is 23.1 Å². The van der Waals surface area contributed by atoms with E-state index < -0.39 is 11.5 Å². The van der Waals surface area contributed by atoms with Crippen LogP contribution in [-0.2, 0) is 15.6 Å². The van der Waals surface area contributed by atoms with Crippen LogP contribution in [0, 0.1) is 11.3 Å². The number of rotatable bonds is 9. The van der Waals surface area contributed by atoms with E-state index in [9.17, 15) is 15.2 Å². The van der Waals surface area contributed by atoms with Crippen LogP contribution in [0.15, 0.2) is 90.5 Å². The first-order valence-electron chi connectivity index (χ1n) is 15.2. The molecular formula is C40H42N2O4. The number of benzene rings is 4. The molecule has 0 bridgehead atoms. The van der Waals surface area contributed by atoms with Gasteiger partial charge in [-0.25, -0.2) is 4.79 Å². The summed E-state index contributed by atoms with van der Waals surface area (Å²) in [5.41, 5.74) is 7.64. The molecule has 0 aliphatic carbocycles. The van der Waals surface area contributed by atoms with Crippen molar-refractivity contribution in [1.82, 2.24) is 0 Å². The number of methoxy groups -OCH3 is 2. The van der Waals surface area contributed by atoms with Crippen molar-refractivity contribution in [3.63, 3.8) is 0 Å². The van der Waals surface area contributed by atoms with E-state index in [4.69, 9.17) is 9.47 Å². The van der Waals surface area contributed by atoms with Crippen molar-refractivity contribution < 1.29 is 19.4 Å². The minimum atomic E-state index is -1.31. The first kappa shape index (κ1) is 33.6. The van der Waals surface area contributed by atoms with Crippen LogP contribution in [-0.4, -0.2) is 25.3 Å². The van der Waals surface area contributed by atoms with Crippen molar-refractivity contribution in [2.45, 2.75) is 52.4 Å². The maximum Gasteiger partial charge on any atom is 0.346 e. The van der Waals surface area contributed by atoms with E-state index in [1.165, 1.54) is 24.3 Å². The third-order valence-corrected chi connectivity index (χ3v) is 7.82. The molecule has 4 rings (SSSR count). The monoisotopic (exact) mass is 614 g/mol. The van der Waals surface area contributed by atoms with Gasteiger partial charge in [0.05, 0.1) is 14.2 Å². The molecule has 0 heterocycles. The second-order valence-electron chi connectivity index (χ2n) is 13.2. The average molecular weight is 615 g/mol. The van der Waals surface area contributed by atoms with Crippen molar-refractivity contribution in [3.8, 4) is 17.6 Å². The van der Waals surface area contributed by atoms with Gasteiger partial charge in [-0.1, -0.05) is 90.1 Å². The molecule has 1 N–H and O–H groups in total. The molecule has 0 aliphatic rings. The SMILES string of the molecule is COc1cc(/C=C(/C#N)C(=O)O)c(OC)cc1C=Cc1ccc(N(c2ccc(C(C)(C)C)cc2)c2ccc(C(C)(C)C)cc2)cc1. The molecule has 6 nitrogen and oxygen atoms in total. The number of anilines is 3. The number of nitriles is 1. The van der Waals surface area contributed by atoms with Gasteiger partial charge in [0.2, 0.25) is 0 Å². The fourth-order valence-corrected chi connectivity index (χ4v) is 5.07. The van der Waals surface area contributed by atoms with Gasteiger partial charge in [-0.05, 0) is 82.1 Å². The molecule has 0 aliphatic heterocycles. The zero-order valence-electron chi connectivity index (χ0n) is 27.9. The summed E-state index contributed by atoms with van der Waals surface area (Å²) in [7, 11) is 3.04. The molecule has 0 radical (unpaired) electrons. The van der Waals surface area contributed by atoms with Gasteiger partial charge < -0.3 is 19.5 Å². The predicted octanol–water partition coefficient (Wildman–Crippen LogP) is 9.93. The summed E-state index contributed by atoms with van der Waals surface area (Å²) in [5, 5.41) is 18.5. The van der Waals surface area contributed by atoms with Crippen LogP contribution in [0.4, 0.5) is 17.1 Å². The molecule has 0 atom stereocenters. The molecule has 4 aromatic carbocycles. The van der Waals surface area contributed by atoms with Gasteiger partial charge >= 0.3 is 5.97 Å². The Morgan fingerprint density at radius 1 is 0.696 bits per heavy atom. The predicted molar refractivity (Wildman–Crippen MR) is 188 cm³/mol. The third-order valence-electron chi connectivity index (χ3n) is 7.82. The van der Waals surface area contributed by atoms with Gasteiger partial charge in [-0.15, -0.1) is 0 Å². The van der Waals surface area contributed by atoms with Crippen LogP contribution in [0.25, 0.3) is 18.2 Å². The van der Waals surface area contributed by atoms with Crippen LogP contribution < -0.4 is 14.4 Å². The van der Waals surface area contributed by atoms with E-state index in [0.717, 1.165) is 28.2 Å². The van der Waals surface area contributed by atoms with Crippen molar-refractivity contribution in [1.29, 1.82) is 5.26 Å². The summed E-state index contributed by atoms with van der Waals surface area (Å²) in [6.07, 6.45) is 5.17. The Bertz CT molecular complexity index is 1720. The van der Waals surface area contributed by atoms with E-state index in [0.29, 0.717) is 17.1 Å². The molecule has 0 fully saturated rings. The first-order chi connectivity index (χ1) is 21.7. The van der Waals surface area contributed by atoms with Gasteiger partial charge in [0.25, 0.3) is 0 Å². The molecular weight excluding hydrogens is 572 g/mol. The summed E-state index contributed by atoms with van der Waals surface area (Å²) in [6.45, 7) is 13.3. The molecule has 236 valence electrons. The van der Waals surface area contributed by atoms with E-state index >= 15 is 0 Å². The van der Waals surface area contributed by atoms with Crippen LogP contribution in [0.2, 0.25) is 0 Å². The maximum absolute atomic E-state index is 11.4. The highest BCUT2D eigenvalue weighted by Gasteiger charge is 2.18. The molecule has 0 amide bonds. The first-order valence-corrected chi connectivity index (χ1v) is 15.2. The quantitative estimate of drug-likeness (QED) is 0.115. The van der Waals surface area contributed by atoms with Gasteiger partial charge in [-0.2, -0.15) is 5.26 Å². The van der Waals surface area contributed by atoms with Crippen LogP contribution in [0.3, 0.4) is 0 Å². The van der Waals surface area contributed by atoms with Crippen LogP contribution in [0.1, 0.15) is 69.4 Å². The number of hydrogen-bond donors (Lipinski definition) is 1. The number of carboxylic acid groups (broad SMARTS) is 1. The smallest absolute Gasteiger partial charge is 0.346 e. The molecule has 6 heteroatoms. The Morgan fingerprint density at radius 2 is 1.11 bits per heavy atom. The van der Waals surface area contributed by atoms with Gasteiger partial charge in [-0.3, -0.25) is 0 Å². The fraction of sp³-hybridized carbons (Fsp3) is 0.250. The summed E-state index contributed by atoms with van der Waals surface area (Å²) in [5.74, 6) is -0.361. The molecule has 0 saturated carbocycles. The Morgan fingerprint density at radius 3 is 1.50 bits per heavy atom. The molecule has 4 aromatic rings. The zero-order chi connectivity index (χ0) is 33.6. The normalized spacial score (nSPS) is 12.1. The maximum atomic E-state index is 11.4. The number of aliphatic carboxylic acids is 1. The average Bonchev–Trinajstić information content (AvgIpc) is 3.02. The minimum absolute atomic E-state index is 0.0630. The number of hydrogen-bond acceptors (Lipinski definition) is 5. The highest BCUT2D eigenvalue weighted by Crippen LogP contribution is 2.37. The van der Waals surface area contributed by atoms with Gasteiger partial charge in [0, 0.05) is 28.2 Å². The lowest BCUT2D eigenvalue weighted by atomic mass is 9.86.